The second-order valence-electron chi connectivity index (χ2n) is 7.27. The van der Waals surface area contributed by atoms with E-state index in [2.05, 4.69) is 10.2 Å². The van der Waals surface area contributed by atoms with Crippen LogP contribution in [0.1, 0.15) is 44.7 Å². The van der Waals surface area contributed by atoms with E-state index in [9.17, 15) is 9.18 Å². The molecule has 0 aliphatic carbocycles. The Bertz CT molecular complexity index is 546. The molecule has 0 radical (unpaired) electrons. The smallest absolute Gasteiger partial charge is 0.407 e. The SMILES string of the molecule is Cc1cc(F)ccc1CN1CCC(NC(=O)OC(C)(C)C)CC1. The summed E-state index contributed by atoms with van der Waals surface area (Å²) in [5.74, 6) is -0.188. The van der Waals surface area contributed by atoms with Crippen LogP contribution in [-0.2, 0) is 11.3 Å². The zero-order valence-electron chi connectivity index (χ0n) is 14.5. The average molecular weight is 322 g/mol. The van der Waals surface area contributed by atoms with Gasteiger partial charge in [-0.3, -0.25) is 4.90 Å². The lowest BCUT2D eigenvalue weighted by molar-refractivity contribution is 0.0477. The van der Waals surface area contributed by atoms with Crippen LogP contribution in [0.5, 0.6) is 0 Å². The summed E-state index contributed by atoms with van der Waals surface area (Å²) in [6.45, 7) is 10.2. The van der Waals surface area contributed by atoms with Gasteiger partial charge < -0.3 is 10.1 Å². The van der Waals surface area contributed by atoms with Crippen LogP contribution in [0, 0.1) is 12.7 Å². The molecule has 1 saturated heterocycles. The molecule has 1 aliphatic heterocycles. The summed E-state index contributed by atoms with van der Waals surface area (Å²) in [6.07, 6.45) is 1.46. The Hall–Kier alpha value is -1.62. The van der Waals surface area contributed by atoms with Crippen molar-refractivity contribution in [1.82, 2.24) is 10.2 Å². The highest BCUT2D eigenvalue weighted by Gasteiger charge is 2.23. The number of carbonyl (C=O) groups excluding carboxylic acids is 1. The van der Waals surface area contributed by atoms with Gasteiger partial charge in [-0.15, -0.1) is 0 Å². The molecule has 0 saturated carbocycles. The number of ether oxygens (including phenoxy) is 1. The number of piperidine rings is 1. The van der Waals surface area contributed by atoms with Crippen molar-refractivity contribution in [3.05, 3.63) is 35.1 Å². The van der Waals surface area contributed by atoms with Crippen molar-refractivity contribution in [2.75, 3.05) is 13.1 Å². The molecular formula is C18H27FN2O2. The summed E-state index contributed by atoms with van der Waals surface area (Å²) < 4.78 is 18.4. The quantitative estimate of drug-likeness (QED) is 0.924. The molecule has 1 fully saturated rings. The molecule has 1 aliphatic rings. The van der Waals surface area contributed by atoms with E-state index in [0.29, 0.717) is 0 Å². The van der Waals surface area contributed by atoms with E-state index in [1.54, 1.807) is 6.07 Å². The summed E-state index contributed by atoms with van der Waals surface area (Å²) >= 11 is 0. The van der Waals surface area contributed by atoms with Crippen LogP contribution in [-0.4, -0.2) is 35.7 Å². The van der Waals surface area contributed by atoms with Crippen molar-refractivity contribution >= 4 is 6.09 Å². The largest absolute Gasteiger partial charge is 0.444 e. The fourth-order valence-electron chi connectivity index (χ4n) is 2.79. The van der Waals surface area contributed by atoms with Gasteiger partial charge in [0.05, 0.1) is 0 Å². The summed E-state index contributed by atoms with van der Waals surface area (Å²) in [7, 11) is 0. The predicted octanol–water partition coefficient (Wildman–Crippen LogP) is 3.62. The lowest BCUT2D eigenvalue weighted by atomic mass is 10.0. The van der Waals surface area contributed by atoms with Crippen molar-refractivity contribution in [3.63, 3.8) is 0 Å². The maximum atomic E-state index is 13.2. The Morgan fingerprint density at radius 3 is 2.57 bits per heavy atom. The molecule has 0 atom stereocenters. The predicted molar refractivity (Wildman–Crippen MR) is 88.8 cm³/mol. The topological polar surface area (TPSA) is 41.6 Å². The zero-order valence-corrected chi connectivity index (χ0v) is 14.5. The van der Waals surface area contributed by atoms with Gasteiger partial charge >= 0.3 is 6.09 Å². The number of aryl methyl sites for hydroxylation is 1. The molecule has 2 rings (SSSR count). The van der Waals surface area contributed by atoms with Crippen molar-refractivity contribution < 1.29 is 13.9 Å². The number of rotatable bonds is 3. The molecule has 1 amide bonds. The summed E-state index contributed by atoms with van der Waals surface area (Å²) in [5.41, 5.74) is 1.68. The van der Waals surface area contributed by atoms with E-state index in [1.807, 2.05) is 33.8 Å². The third-order valence-corrected chi connectivity index (χ3v) is 4.01. The number of hydrogen-bond donors (Lipinski definition) is 1. The maximum absolute atomic E-state index is 13.2. The van der Waals surface area contributed by atoms with Crippen molar-refractivity contribution in [1.29, 1.82) is 0 Å². The molecule has 23 heavy (non-hydrogen) atoms. The maximum Gasteiger partial charge on any atom is 0.407 e. The third-order valence-electron chi connectivity index (χ3n) is 4.01. The number of amides is 1. The number of halogens is 1. The summed E-state index contributed by atoms with van der Waals surface area (Å²) in [4.78, 5) is 14.1. The van der Waals surface area contributed by atoms with Gasteiger partial charge in [0.15, 0.2) is 0 Å². The highest BCUT2D eigenvalue weighted by atomic mass is 19.1. The highest BCUT2D eigenvalue weighted by molar-refractivity contribution is 5.68. The van der Waals surface area contributed by atoms with Gasteiger partial charge in [-0.2, -0.15) is 0 Å². The number of hydrogen-bond acceptors (Lipinski definition) is 3. The molecule has 1 heterocycles. The standard InChI is InChI=1S/C18H27FN2O2/c1-13-11-15(19)6-5-14(13)12-21-9-7-16(8-10-21)20-17(22)23-18(2,3)4/h5-6,11,16H,7-10,12H2,1-4H3,(H,20,22). The average Bonchev–Trinajstić information content (AvgIpc) is 2.42. The molecule has 0 spiro atoms. The van der Waals surface area contributed by atoms with Gasteiger partial charge in [-0.1, -0.05) is 6.07 Å². The Morgan fingerprint density at radius 1 is 1.35 bits per heavy atom. The van der Waals surface area contributed by atoms with E-state index in [1.165, 1.54) is 6.07 Å². The van der Waals surface area contributed by atoms with Gasteiger partial charge in [-0.05, 0) is 63.8 Å². The fourth-order valence-corrected chi connectivity index (χ4v) is 2.79. The van der Waals surface area contributed by atoms with Crippen LogP contribution in [0.25, 0.3) is 0 Å². The number of carbonyl (C=O) groups is 1. The van der Waals surface area contributed by atoms with Gasteiger partial charge in [0, 0.05) is 25.7 Å². The number of alkyl carbamates (subject to hydrolysis) is 1. The van der Waals surface area contributed by atoms with E-state index in [4.69, 9.17) is 4.74 Å². The van der Waals surface area contributed by atoms with Crippen LogP contribution in [0.2, 0.25) is 0 Å². The molecule has 1 aromatic rings. The van der Waals surface area contributed by atoms with Crippen LogP contribution in [0.3, 0.4) is 0 Å². The van der Waals surface area contributed by atoms with E-state index in [-0.39, 0.29) is 18.0 Å². The second kappa shape index (κ2) is 7.30. The van der Waals surface area contributed by atoms with Crippen molar-refractivity contribution in [3.8, 4) is 0 Å². The second-order valence-corrected chi connectivity index (χ2v) is 7.27. The molecule has 0 unspecified atom stereocenters. The molecular weight excluding hydrogens is 295 g/mol. The Balaban J connectivity index is 1.79. The lowest BCUT2D eigenvalue weighted by Gasteiger charge is -2.33. The first-order valence-corrected chi connectivity index (χ1v) is 8.20. The lowest BCUT2D eigenvalue weighted by Crippen LogP contribution is -2.45. The van der Waals surface area contributed by atoms with Gasteiger partial charge in [0.25, 0.3) is 0 Å². The monoisotopic (exact) mass is 322 g/mol. The number of benzene rings is 1. The highest BCUT2D eigenvalue weighted by Crippen LogP contribution is 2.17. The third kappa shape index (κ3) is 5.82. The van der Waals surface area contributed by atoms with Gasteiger partial charge in [0.2, 0.25) is 0 Å². The van der Waals surface area contributed by atoms with Crippen LogP contribution < -0.4 is 5.32 Å². The summed E-state index contributed by atoms with van der Waals surface area (Å²) in [5, 5.41) is 2.94. The first-order chi connectivity index (χ1) is 10.7. The molecule has 4 nitrogen and oxygen atoms in total. The van der Waals surface area contributed by atoms with E-state index < -0.39 is 5.60 Å². The molecule has 5 heteroatoms. The minimum Gasteiger partial charge on any atom is -0.444 e. The minimum absolute atomic E-state index is 0.162. The molecule has 1 aromatic carbocycles. The molecule has 128 valence electrons. The van der Waals surface area contributed by atoms with Gasteiger partial charge in [-0.25, -0.2) is 9.18 Å². The number of nitrogens with one attached hydrogen (secondary N) is 1. The molecule has 0 bridgehead atoms. The Morgan fingerprint density at radius 2 is 2.00 bits per heavy atom. The van der Waals surface area contributed by atoms with E-state index >= 15 is 0 Å². The normalized spacial score (nSPS) is 17.1. The van der Waals surface area contributed by atoms with Crippen LogP contribution >= 0.6 is 0 Å². The first kappa shape index (κ1) is 17.7. The summed E-state index contributed by atoms with van der Waals surface area (Å²) in [6, 6.07) is 5.11. The van der Waals surface area contributed by atoms with Gasteiger partial charge in [0.1, 0.15) is 11.4 Å². The Kier molecular flexibility index (Phi) is 5.63. The van der Waals surface area contributed by atoms with Crippen molar-refractivity contribution in [2.24, 2.45) is 0 Å². The minimum atomic E-state index is -0.467. The van der Waals surface area contributed by atoms with Crippen molar-refractivity contribution in [2.45, 2.75) is 58.7 Å². The van der Waals surface area contributed by atoms with E-state index in [0.717, 1.165) is 43.6 Å². The first-order valence-electron chi connectivity index (χ1n) is 8.20. The molecule has 1 N–H and O–H groups in total. The van der Waals surface area contributed by atoms with Crippen LogP contribution in [0.4, 0.5) is 9.18 Å². The fraction of sp³-hybridized carbons (Fsp3) is 0.611. The Labute approximate surface area is 138 Å². The zero-order chi connectivity index (χ0) is 17.0. The van der Waals surface area contributed by atoms with Crippen LogP contribution in [0.15, 0.2) is 18.2 Å². The molecule has 0 aromatic heterocycles. The number of likely N-dealkylation sites (tertiary alicyclic amines) is 1. The number of nitrogens with zero attached hydrogens (tertiary/aromatic N) is 1.